The quantitative estimate of drug-likeness (QED) is 0.853. The topological polar surface area (TPSA) is 60.2 Å². The number of para-hydroxylation sites is 1. The van der Waals surface area contributed by atoms with Crippen LogP contribution in [0.2, 0.25) is 10.0 Å². The van der Waals surface area contributed by atoms with Crippen molar-refractivity contribution in [1.82, 2.24) is 4.98 Å². The Morgan fingerprint density at radius 2 is 1.90 bits per heavy atom. The number of nitrogens with two attached hydrogens (primary N) is 1. The average Bonchev–Trinajstić information content (AvgIpc) is 2.43. The highest BCUT2D eigenvalue weighted by Gasteiger charge is 2.09. The van der Waals surface area contributed by atoms with E-state index in [1.165, 1.54) is 0 Å². The molecular weight excluding hydrogens is 297 g/mol. The second kappa shape index (κ2) is 6.68. The SMILES string of the molecule is CCCOc1nc(Nc2c(Cl)cccc2Cl)ccc1N. The molecule has 0 aliphatic heterocycles. The summed E-state index contributed by atoms with van der Waals surface area (Å²) in [5.74, 6) is 0.973. The maximum Gasteiger partial charge on any atom is 0.239 e. The van der Waals surface area contributed by atoms with Crippen LogP contribution in [0.5, 0.6) is 5.88 Å². The van der Waals surface area contributed by atoms with E-state index in [1.54, 1.807) is 30.3 Å². The molecule has 4 nitrogen and oxygen atoms in total. The fraction of sp³-hybridized carbons (Fsp3) is 0.214. The normalized spacial score (nSPS) is 10.3. The Morgan fingerprint density at radius 3 is 2.55 bits per heavy atom. The predicted molar refractivity (Wildman–Crippen MR) is 84.2 cm³/mol. The van der Waals surface area contributed by atoms with Crippen LogP contribution >= 0.6 is 23.2 Å². The van der Waals surface area contributed by atoms with E-state index in [0.717, 1.165) is 6.42 Å². The number of hydrogen-bond donors (Lipinski definition) is 2. The minimum atomic E-state index is 0.403. The molecule has 2 aromatic rings. The van der Waals surface area contributed by atoms with Crippen molar-refractivity contribution < 1.29 is 4.74 Å². The molecule has 3 N–H and O–H groups in total. The molecule has 0 unspecified atom stereocenters. The molecule has 0 aliphatic carbocycles. The summed E-state index contributed by atoms with van der Waals surface area (Å²) in [5.41, 5.74) is 6.92. The van der Waals surface area contributed by atoms with Crippen LogP contribution in [-0.4, -0.2) is 11.6 Å². The van der Waals surface area contributed by atoms with Crippen molar-refractivity contribution in [3.05, 3.63) is 40.4 Å². The predicted octanol–water partition coefficient (Wildman–Crippen LogP) is 4.50. The minimum absolute atomic E-state index is 0.403. The third-order valence-corrected chi connectivity index (χ3v) is 3.18. The Hall–Kier alpha value is -1.65. The Balaban J connectivity index is 2.25. The lowest BCUT2D eigenvalue weighted by Crippen LogP contribution is -2.03. The summed E-state index contributed by atoms with van der Waals surface area (Å²) in [5, 5.41) is 4.11. The van der Waals surface area contributed by atoms with Crippen LogP contribution in [0.3, 0.4) is 0 Å². The summed E-state index contributed by atoms with van der Waals surface area (Å²) in [6, 6.07) is 8.75. The van der Waals surface area contributed by atoms with Crippen LogP contribution in [0.15, 0.2) is 30.3 Å². The monoisotopic (exact) mass is 311 g/mol. The number of hydrogen-bond acceptors (Lipinski definition) is 4. The summed E-state index contributed by atoms with van der Waals surface area (Å²) in [6.45, 7) is 2.58. The average molecular weight is 312 g/mol. The first-order valence-electron chi connectivity index (χ1n) is 6.22. The van der Waals surface area contributed by atoms with E-state index in [-0.39, 0.29) is 0 Å². The zero-order chi connectivity index (χ0) is 14.5. The zero-order valence-electron chi connectivity index (χ0n) is 11.0. The first kappa shape index (κ1) is 14.8. The summed E-state index contributed by atoms with van der Waals surface area (Å²) in [4.78, 5) is 4.31. The van der Waals surface area contributed by atoms with Gasteiger partial charge in [0.05, 0.1) is 28.0 Å². The number of anilines is 3. The molecule has 6 heteroatoms. The van der Waals surface area contributed by atoms with Crippen LogP contribution in [0.1, 0.15) is 13.3 Å². The fourth-order valence-electron chi connectivity index (χ4n) is 1.58. The van der Waals surface area contributed by atoms with Crippen LogP contribution in [0, 0.1) is 0 Å². The second-order valence-electron chi connectivity index (χ2n) is 4.16. The molecule has 0 radical (unpaired) electrons. The van der Waals surface area contributed by atoms with Gasteiger partial charge in [0.15, 0.2) is 0 Å². The first-order valence-corrected chi connectivity index (χ1v) is 6.97. The van der Waals surface area contributed by atoms with E-state index in [0.29, 0.717) is 39.7 Å². The standard InChI is InChI=1S/C14H15Cl2N3O/c1-2-8-20-14-11(17)6-7-12(19-14)18-13-9(15)4-3-5-10(13)16/h3-7H,2,8,17H2,1H3,(H,18,19). The van der Waals surface area contributed by atoms with Gasteiger partial charge in [-0.05, 0) is 30.7 Å². The van der Waals surface area contributed by atoms with Gasteiger partial charge in [0.1, 0.15) is 5.82 Å². The molecule has 1 aromatic heterocycles. The number of rotatable bonds is 5. The minimum Gasteiger partial charge on any atom is -0.476 e. The highest BCUT2D eigenvalue weighted by molar-refractivity contribution is 6.39. The Labute approximate surface area is 127 Å². The van der Waals surface area contributed by atoms with Gasteiger partial charge in [-0.15, -0.1) is 0 Å². The number of halogens is 2. The Kier molecular flexibility index (Phi) is 4.93. The lowest BCUT2D eigenvalue weighted by atomic mass is 10.3. The van der Waals surface area contributed by atoms with Gasteiger partial charge in [0, 0.05) is 0 Å². The van der Waals surface area contributed by atoms with Gasteiger partial charge in [0.2, 0.25) is 5.88 Å². The van der Waals surface area contributed by atoms with Gasteiger partial charge in [0.25, 0.3) is 0 Å². The summed E-state index contributed by atoms with van der Waals surface area (Å²) < 4.78 is 5.48. The molecule has 0 fully saturated rings. The van der Waals surface area contributed by atoms with E-state index >= 15 is 0 Å². The molecule has 106 valence electrons. The molecular formula is C14H15Cl2N3O. The summed E-state index contributed by atoms with van der Waals surface area (Å²) >= 11 is 12.2. The van der Waals surface area contributed by atoms with Crippen LogP contribution < -0.4 is 15.8 Å². The van der Waals surface area contributed by atoms with Gasteiger partial charge >= 0.3 is 0 Å². The van der Waals surface area contributed by atoms with Crippen molar-refractivity contribution in [2.24, 2.45) is 0 Å². The molecule has 20 heavy (non-hydrogen) atoms. The molecule has 0 saturated carbocycles. The molecule has 0 spiro atoms. The second-order valence-corrected chi connectivity index (χ2v) is 4.98. The molecule has 0 saturated heterocycles. The molecule has 0 atom stereocenters. The first-order chi connectivity index (χ1) is 9.61. The zero-order valence-corrected chi connectivity index (χ0v) is 12.5. The van der Waals surface area contributed by atoms with Gasteiger partial charge in [-0.1, -0.05) is 36.2 Å². The number of nitrogen functional groups attached to an aromatic ring is 1. The van der Waals surface area contributed by atoms with Crippen LogP contribution in [0.4, 0.5) is 17.2 Å². The summed E-state index contributed by atoms with van der Waals surface area (Å²) in [7, 11) is 0. The number of nitrogens with one attached hydrogen (secondary N) is 1. The van der Waals surface area contributed by atoms with Crippen molar-refractivity contribution in [3.8, 4) is 5.88 Å². The van der Waals surface area contributed by atoms with E-state index < -0.39 is 0 Å². The summed E-state index contributed by atoms with van der Waals surface area (Å²) in [6.07, 6.45) is 0.884. The lowest BCUT2D eigenvalue weighted by molar-refractivity contribution is 0.307. The highest BCUT2D eigenvalue weighted by Crippen LogP contribution is 2.33. The van der Waals surface area contributed by atoms with E-state index in [9.17, 15) is 0 Å². The number of ether oxygens (including phenoxy) is 1. The van der Waals surface area contributed by atoms with Crippen molar-refractivity contribution in [2.45, 2.75) is 13.3 Å². The van der Waals surface area contributed by atoms with E-state index in [2.05, 4.69) is 10.3 Å². The maximum absolute atomic E-state index is 6.10. The van der Waals surface area contributed by atoms with Gasteiger partial charge < -0.3 is 15.8 Å². The molecule has 0 bridgehead atoms. The van der Waals surface area contributed by atoms with Crippen molar-refractivity contribution in [3.63, 3.8) is 0 Å². The molecule has 0 aliphatic rings. The van der Waals surface area contributed by atoms with Crippen LogP contribution in [-0.2, 0) is 0 Å². The Morgan fingerprint density at radius 1 is 1.20 bits per heavy atom. The van der Waals surface area contributed by atoms with Gasteiger partial charge in [-0.2, -0.15) is 4.98 Å². The largest absolute Gasteiger partial charge is 0.476 e. The molecule has 1 heterocycles. The molecule has 2 rings (SSSR count). The fourth-order valence-corrected chi connectivity index (χ4v) is 2.07. The lowest BCUT2D eigenvalue weighted by Gasteiger charge is -2.12. The molecule has 0 amide bonds. The van der Waals surface area contributed by atoms with Crippen molar-refractivity contribution in [2.75, 3.05) is 17.7 Å². The number of aromatic nitrogens is 1. The number of benzene rings is 1. The van der Waals surface area contributed by atoms with Crippen molar-refractivity contribution >= 4 is 40.4 Å². The third kappa shape index (κ3) is 3.46. The molecule has 1 aromatic carbocycles. The van der Waals surface area contributed by atoms with Crippen LogP contribution in [0.25, 0.3) is 0 Å². The highest BCUT2D eigenvalue weighted by atomic mass is 35.5. The Bertz CT molecular complexity index is 585. The number of nitrogens with zero attached hydrogens (tertiary/aromatic N) is 1. The maximum atomic E-state index is 6.10. The van der Waals surface area contributed by atoms with Crippen molar-refractivity contribution in [1.29, 1.82) is 0 Å². The smallest absolute Gasteiger partial charge is 0.239 e. The number of pyridine rings is 1. The van der Waals surface area contributed by atoms with Gasteiger partial charge in [-0.25, -0.2) is 0 Å². The van der Waals surface area contributed by atoms with E-state index in [1.807, 2.05) is 6.92 Å². The van der Waals surface area contributed by atoms with Gasteiger partial charge in [-0.3, -0.25) is 0 Å². The third-order valence-electron chi connectivity index (χ3n) is 2.55. The van der Waals surface area contributed by atoms with E-state index in [4.69, 9.17) is 33.7 Å².